The predicted molar refractivity (Wildman–Crippen MR) is 195 cm³/mol. The second-order valence-corrected chi connectivity index (χ2v) is 11.8. The van der Waals surface area contributed by atoms with Crippen LogP contribution in [0.15, 0.2) is 174 Å². The zero-order valence-electron chi connectivity index (χ0n) is 25.1. The molecule has 0 aliphatic heterocycles. The third-order valence-corrected chi connectivity index (χ3v) is 9.03. The van der Waals surface area contributed by atoms with Crippen LogP contribution in [0.4, 0.5) is 11.4 Å². The summed E-state index contributed by atoms with van der Waals surface area (Å²) >= 11 is 0. The van der Waals surface area contributed by atoms with Crippen LogP contribution in [0.1, 0.15) is 0 Å². The third kappa shape index (κ3) is 4.51. The highest BCUT2D eigenvalue weighted by molar-refractivity contribution is 6.21. The van der Waals surface area contributed by atoms with E-state index >= 15 is 0 Å². The normalized spacial score (nSPS) is 11.5. The van der Waals surface area contributed by atoms with E-state index in [1.807, 2.05) is 0 Å². The molecule has 9 rings (SSSR count). The number of hydrogen-bond acceptors (Lipinski definition) is 2. The van der Waals surface area contributed by atoms with Crippen molar-refractivity contribution in [1.82, 2.24) is 0 Å². The van der Waals surface area contributed by atoms with Crippen molar-refractivity contribution in [1.29, 1.82) is 0 Å². The molecule has 0 spiro atoms. The van der Waals surface area contributed by atoms with Crippen LogP contribution in [0.2, 0.25) is 0 Å². The lowest BCUT2D eigenvalue weighted by molar-refractivity contribution is 0.674. The molecule has 1 N–H and O–H groups in total. The quantitative estimate of drug-likeness (QED) is 0.217. The van der Waals surface area contributed by atoms with Crippen molar-refractivity contribution in [2.75, 3.05) is 5.32 Å². The summed E-state index contributed by atoms with van der Waals surface area (Å²) in [6, 6.07) is 60.3. The average Bonchev–Trinajstić information content (AvgIpc) is 3.52. The molecular weight excluding hydrogens is 558 g/mol. The Hall–Kier alpha value is -6.12. The molecular formula is C44H29NO. The van der Waals surface area contributed by atoms with Gasteiger partial charge in [-0.3, -0.25) is 0 Å². The molecule has 216 valence electrons. The van der Waals surface area contributed by atoms with Gasteiger partial charge in [0.1, 0.15) is 11.2 Å². The van der Waals surface area contributed by atoms with Gasteiger partial charge in [-0.05, 0) is 86.4 Å². The summed E-state index contributed by atoms with van der Waals surface area (Å²) in [6.07, 6.45) is 0. The third-order valence-electron chi connectivity index (χ3n) is 9.03. The van der Waals surface area contributed by atoms with Crippen LogP contribution in [-0.2, 0) is 0 Å². The lowest BCUT2D eigenvalue weighted by Gasteiger charge is -2.11. The van der Waals surface area contributed by atoms with Crippen LogP contribution in [0, 0.1) is 0 Å². The molecule has 1 aromatic heterocycles. The van der Waals surface area contributed by atoms with Gasteiger partial charge >= 0.3 is 0 Å². The molecule has 0 amide bonds. The minimum absolute atomic E-state index is 0.921. The van der Waals surface area contributed by atoms with Crippen LogP contribution in [-0.4, -0.2) is 0 Å². The maximum atomic E-state index is 6.81. The standard InChI is InChI=1S/C44H29NO/c1-2-10-31(11-3-1)40-26-25-38(42-41-24-20-32-12-6-7-16-39(32)43(41)46-44(40)42)35-15-8-14-33(27-35)30-17-21-36(22-18-30)45-37-23-19-29-9-4-5-13-34(29)28-37/h1-28,45H. The van der Waals surface area contributed by atoms with E-state index in [0.29, 0.717) is 0 Å². The molecule has 0 aliphatic rings. The number of fused-ring (bicyclic) bond motifs is 6. The first kappa shape index (κ1) is 26.3. The first-order chi connectivity index (χ1) is 22.8. The van der Waals surface area contributed by atoms with Gasteiger partial charge in [0.05, 0.1) is 0 Å². The van der Waals surface area contributed by atoms with E-state index in [4.69, 9.17) is 4.42 Å². The van der Waals surface area contributed by atoms with Crippen LogP contribution in [0.5, 0.6) is 0 Å². The minimum Gasteiger partial charge on any atom is -0.455 e. The molecule has 2 heteroatoms. The van der Waals surface area contributed by atoms with Crippen molar-refractivity contribution in [2.45, 2.75) is 0 Å². The van der Waals surface area contributed by atoms with E-state index in [1.165, 1.54) is 32.8 Å². The molecule has 0 aliphatic carbocycles. The summed E-state index contributed by atoms with van der Waals surface area (Å²) in [5.41, 5.74) is 10.9. The Morgan fingerprint density at radius 3 is 1.89 bits per heavy atom. The van der Waals surface area contributed by atoms with Crippen molar-refractivity contribution < 1.29 is 4.42 Å². The Balaban J connectivity index is 1.13. The second kappa shape index (κ2) is 10.8. The summed E-state index contributed by atoms with van der Waals surface area (Å²) < 4.78 is 6.81. The van der Waals surface area contributed by atoms with Crippen molar-refractivity contribution in [3.63, 3.8) is 0 Å². The highest BCUT2D eigenvalue weighted by atomic mass is 16.3. The Bertz CT molecular complexity index is 2540. The van der Waals surface area contributed by atoms with Crippen LogP contribution in [0.25, 0.3) is 76.9 Å². The van der Waals surface area contributed by atoms with Gasteiger partial charge < -0.3 is 9.73 Å². The molecule has 2 nitrogen and oxygen atoms in total. The zero-order valence-corrected chi connectivity index (χ0v) is 25.1. The van der Waals surface area contributed by atoms with Crippen molar-refractivity contribution in [3.8, 4) is 33.4 Å². The van der Waals surface area contributed by atoms with E-state index in [0.717, 1.165) is 55.4 Å². The Labute approximate surface area is 267 Å². The number of furan rings is 1. The Morgan fingerprint density at radius 1 is 0.348 bits per heavy atom. The molecule has 8 aromatic carbocycles. The zero-order chi connectivity index (χ0) is 30.5. The van der Waals surface area contributed by atoms with Gasteiger partial charge in [0, 0.05) is 33.1 Å². The minimum atomic E-state index is 0.921. The Kier molecular flexibility index (Phi) is 6.17. The fourth-order valence-electron chi connectivity index (χ4n) is 6.74. The van der Waals surface area contributed by atoms with Gasteiger partial charge in [-0.25, -0.2) is 0 Å². The highest BCUT2D eigenvalue weighted by Crippen LogP contribution is 2.44. The van der Waals surface area contributed by atoms with E-state index in [1.54, 1.807) is 0 Å². The summed E-state index contributed by atoms with van der Waals surface area (Å²) in [6.45, 7) is 0. The first-order valence-electron chi connectivity index (χ1n) is 15.7. The Morgan fingerprint density at radius 2 is 1.02 bits per heavy atom. The largest absolute Gasteiger partial charge is 0.455 e. The summed E-state index contributed by atoms with van der Waals surface area (Å²) in [4.78, 5) is 0. The molecule has 0 atom stereocenters. The van der Waals surface area contributed by atoms with E-state index in [-0.39, 0.29) is 0 Å². The number of rotatable bonds is 5. The second-order valence-electron chi connectivity index (χ2n) is 11.8. The maximum absolute atomic E-state index is 6.81. The van der Waals surface area contributed by atoms with Gasteiger partial charge in [0.2, 0.25) is 0 Å². The summed E-state index contributed by atoms with van der Waals surface area (Å²) in [5, 5.41) is 10.6. The van der Waals surface area contributed by atoms with Crippen molar-refractivity contribution in [3.05, 3.63) is 170 Å². The lowest BCUT2D eigenvalue weighted by atomic mass is 9.92. The van der Waals surface area contributed by atoms with Gasteiger partial charge in [0.15, 0.2) is 0 Å². The van der Waals surface area contributed by atoms with Crippen molar-refractivity contribution in [2.24, 2.45) is 0 Å². The molecule has 0 saturated heterocycles. The average molecular weight is 588 g/mol. The lowest BCUT2D eigenvalue weighted by Crippen LogP contribution is -1.90. The van der Waals surface area contributed by atoms with Gasteiger partial charge in [-0.15, -0.1) is 0 Å². The van der Waals surface area contributed by atoms with E-state index in [2.05, 4.69) is 175 Å². The van der Waals surface area contributed by atoms with E-state index < -0.39 is 0 Å². The van der Waals surface area contributed by atoms with E-state index in [9.17, 15) is 0 Å². The molecule has 46 heavy (non-hydrogen) atoms. The summed E-state index contributed by atoms with van der Waals surface area (Å²) in [7, 11) is 0. The number of nitrogens with one attached hydrogen (secondary N) is 1. The monoisotopic (exact) mass is 587 g/mol. The fraction of sp³-hybridized carbons (Fsp3) is 0. The van der Waals surface area contributed by atoms with Crippen LogP contribution >= 0.6 is 0 Å². The van der Waals surface area contributed by atoms with Crippen LogP contribution in [0.3, 0.4) is 0 Å². The summed E-state index contributed by atoms with van der Waals surface area (Å²) in [5.74, 6) is 0. The SMILES string of the molecule is c1ccc(-c2ccc(-c3cccc(-c4ccc(Nc5ccc6ccccc6c5)cc4)c3)c3c2oc2c4ccccc4ccc23)cc1. The highest BCUT2D eigenvalue weighted by Gasteiger charge is 2.19. The molecule has 0 saturated carbocycles. The number of hydrogen-bond donors (Lipinski definition) is 1. The van der Waals surface area contributed by atoms with Gasteiger partial charge in [-0.1, -0.05) is 127 Å². The van der Waals surface area contributed by atoms with Gasteiger partial charge in [0.25, 0.3) is 0 Å². The molecule has 1 heterocycles. The van der Waals surface area contributed by atoms with Crippen molar-refractivity contribution >= 4 is 54.9 Å². The van der Waals surface area contributed by atoms with Crippen LogP contribution < -0.4 is 5.32 Å². The fourth-order valence-corrected chi connectivity index (χ4v) is 6.74. The molecule has 9 aromatic rings. The molecule has 0 unspecified atom stereocenters. The molecule has 0 bridgehead atoms. The number of benzene rings is 8. The first-order valence-corrected chi connectivity index (χ1v) is 15.7. The predicted octanol–water partition coefficient (Wildman–Crippen LogP) is 12.6. The smallest absolute Gasteiger partial charge is 0.143 e. The molecule has 0 radical (unpaired) electrons. The number of anilines is 2. The van der Waals surface area contributed by atoms with Gasteiger partial charge in [-0.2, -0.15) is 0 Å². The molecule has 0 fully saturated rings. The topological polar surface area (TPSA) is 25.2 Å². The maximum Gasteiger partial charge on any atom is 0.143 e.